The van der Waals surface area contributed by atoms with Crippen molar-refractivity contribution < 1.29 is 4.79 Å². The average Bonchev–Trinajstić information content (AvgIpc) is 2.07. The van der Waals surface area contributed by atoms with Gasteiger partial charge in [-0.05, 0) is 18.4 Å². The lowest BCUT2D eigenvalue weighted by Gasteiger charge is -1.95. The van der Waals surface area contributed by atoms with Crippen molar-refractivity contribution in [2.45, 2.75) is 12.8 Å². The number of aldehydes is 1. The first-order chi connectivity index (χ1) is 5.43. The first-order valence-electron chi connectivity index (χ1n) is 3.75. The van der Waals surface area contributed by atoms with E-state index in [2.05, 4.69) is 6.42 Å². The third-order valence-electron chi connectivity index (χ3n) is 1.46. The predicted molar refractivity (Wildman–Crippen MR) is 45.1 cm³/mol. The third kappa shape index (κ3) is 2.99. The van der Waals surface area contributed by atoms with Crippen LogP contribution in [0.3, 0.4) is 0 Å². The van der Waals surface area contributed by atoms with E-state index in [4.69, 9.17) is 0 Å². The van der Waals surface area contributed by atoms with Gasteiger partial charge in [-0.2, -0.15) is 0 Å². The van der Waals surface area contributed by atoms with Gasteiger partial charge in [-0.1, -0.05) is 30.3 Å². The first-order valence-corrected chi connectivity index (χ1v) is 3.75. The Labute approximate surface area is 67.1 Å². The van der Waals surface area contributed by atoms with Gasteiger partial charge in [0.25, 0.3) is 0 Å². The molecule has 1 radical (unpaired) electrons. The van der Waals surface area contributed by atoms with E-state index in [0.29, 0.717) is 6.42 Å². The zero-order valence-electron chi connectivity index (χ0n) is 6.36. The largest absolute Gasteiger partial charge is 0.303 e. The molecular formula is C10H11O. The second-order valence-corrected chi connectivity index (χ2v) is 2.36. The molecule has 0 aliphatic carbocycles. The standard InChI is InChI=1S/C10H11O/c11-9-5-4-8-10-6-2-1-3-7-10/h1-3,6-9H,4-5H2. The minimum Gasteiger partial charge on any atom is -0.303 e. The Kier molecular flexibility index (Phi) is 3.39. The molecule has 0 saturated carbocycles. The molecule has 0 fully saturated rings. The van der Waals surface area contributed by atoms with Gasteiger partial charge in [-0.3, -0.25) is 0 Å². The molecule has 0 aromatic heterocycles. The summed E-state index contributed by atoms with van der Waals surface area (Å²) in [5.74, 6) is 0. The minimum atomic E-state index is 0.620. The SMILES string of the molecule is O=CCC[CH]c1ccccc1. The van der Waals surface area contributed by atoms with Crippen LogP contribution < -0.4 is 0 Å². The topological polar surface area (TPSA) is 17.1 Å². The van der Waals surface area contributed by atoms with Gasteiger partial charge < -0.3 is 4.79 Å². The lowest BCUT2D eigenvalue weighted by Crippen LogP contribution is -1.81. The molecule has 0 aliphatic rings. The van der Waals surface area contributed by atoms with E-state index in [0.717, 1.165) is 12.7 Å². The molecule has 0 bridgehead atoms. The predicted octanol–water partition coefficient (Wildman–Crippen LogP) is 2.22. The number of carbonyl (C=O) groups is 1. The van der Waals surface area contributed by atoms with Crippen LogP contribution in [-0.4, -0.2) is 6.29 Å². The summed E-state index contributed by atoms with van der Waals surface area (Å²) in [4.78, 5) is 9.98. The quantitative estimate of drug-likeness (QED) is 0.471. The Balaban J connectivity index is 2.33. The van der Waals surface area contributed by atoms with Crippen LogP contribution in [0.15, 0.2) is 30.3 Å². The molecule has 1 aromatic rings. The van der Waals surface area contributed by atoms with Gasteiger partial charge in [-0.25, -0.2) is 0 Å². The summed E-state index contributed by atoms with van der Waals surface area (Å²) in [5, 5.41) is 0. The summed E-state index contributed by atoms with van der Waals surface area (Å²) in [6.45, 7) is 0. The van der Waals surface area contributed by atoms with Gasteiger partial charge in [0.05, 0.1) is 0 Å². The molecule has 0 atom stereocenters. The fourth-order valence-corrected chi connectivity index (χ4v) is 0.907. The van der Waals surface area contributed by atoms with E-state index in [1.165, 1.54) is 5.56 Å². The molecule has 0 N–H and O–H groups in total. The monoisotopic (exact) mass is 147 g/mol. The highest BCUT2D eigenvalue weighted by Gasteiger charge is 1.89. The second kappa shape index (κ2) is 4.67. The van der Waals surface area contributed by atoms with Crippen molar-refractivity contribution in [3.05, 3.63) is 42.3 Å². The van der Waals surface area contributed by atoms with E-state index in [-0.39, 0.29) is 0 Å². The molecule has 0 aliphatic heterocycles. The molecule has 1 aromatic carbocycles. The van der Waals surface area contributed by atoms with Crippen LogP contribution in [0.1, 0.15) is 18.4 Å². The van der Waals surface area contributed by atoms with E-state index in [9.17, 15) is 4.79 Å². The van der Waals surface area contributed by atoms with Crippen LogP contribution in [0.4, 0.5) is 0 Å². The third-order valence-corrected chi connectivity index (χ3v) is 1.46. The molecule has 0 saturated heterocycles. The number of hydrogen-bond acceptors (Lipinski definition) is 1. The molecule has 1 heteroatoms. The molecule has 0 heterocycles. The van der Waals surface area contributed by atoms with Crippen LogP contribution in [0.25, 0.3) is 0 Å². The maximum atomic E-state index is 9.98. The summed E-state index contributed by atoms with van der Waals surface area (Å²) in [6, 6.07) is 10.0. The highest BCUT2D eigenvalue weighted by atomic mass is 16.1. The van der Waals surface area contributed by atoms with Crippen LogP contribution in [0, 0.1) is 6.42 Å². The molecule has 0 spiro atoms. The van der Waals surface area contributed by atoms with E-state index < -0.39 is 0 Å². The number of hydrogen-bond donors (Lipinski definition) is 0. The first kappa shape index (κ1) is 7.99. The Bertz CT molecular complexity index is 203. The fraction of sp³-hybridized carbons (Fsp3) is 0.200. The van der Waals surface area contributed by atoms with Crippen LogP contribution >= 0.6 is 0 Å². The zero-order valence-corrected chi connectivity index (χ0v) is 6.36. The van der Waals surface area contributed by atoms with Gasteiger partial charge in [0, 0.05) is 6.42 Å². The number of rotatable bonds is 4. The Morgan fingerprint density at radius 3 is 2.45 bits per heavy atom. The summed E-state index contributed by atoms with van der Waals surface area (Å²) < 4.78 is 0. The summed E-state index contributed by atoms with van der Waals surface area (Å²) in [7, 11) is 0. The van der Waals surface area contributed by atoms with Crippen molar-refractivity contribution >= 4 is 6.29 Å². The van der Waals surface area contributed by atoms with Crippen molar-refractivity contribution in [3.8, 4) is 0 Å². The van der Waals surface area contributed by atoms with Crippen LogP contribution in [0.5, 0.6) is 0 Å². The van der Waals surface area contributed by atoms with E-state index in [1.54, 1.807) is 0 Å². The maximum Gasteiger partial charge on any atom is 0.120 e. The highest BCUT2D eigenvalue weighted by molar-refractivity contribution is 5.49. The van der Waals surface area contributed by atoms with Crippen molar-refractivity contribution in [2.75, 3.05) is 0 Å². The average molecular weight is 147 g/mol. The Morgan fingerprint density at radius 1 is 1.09 bits per heavy atom. The summed E-state index contributed by atoms with van der Waals surface area (Å²) in [5.41, 5.74) is 1.19. The highest BCUT2D eigenvalue weighted by Crippen LogP contribution is 2.05. The molecule has 1 rings (SSSR count). The normalized spacial score (nSPS) is 9.45. The second-order valence-electron chi connectivity index (χ2n) is 2.36. The number of carbonyl (C=O) groups excluding carboxylic acids is 1. The molecular weight excluding hydrogens is 136 g/mol. The molecule has 1 nitrogen and oxygen atoms in total. The van der Waals surface area contributed by atoms with E-state index in [1.807, 2.05) is 30.3 Å². The Hall–Kier alpha value is -1.11. The fourth-order valence-electron chi connectivity index (χ4n) is 0.907. The summed E-state index contributed by atoms with van der Waals surface area (Å²) >= 11 is 0. The molecule has 0 amide bonds. The zero-order chi connectivity index (χ0) is 7.94. The molecule has 0 unspecified atom stereocenters. The van der Waals surface area contributed by atoms with Crippen LogP contribution in [-0.2, 0) is 4.79 Å². The summed E-state index contributed by atoms with van der Waals surface area (Å²) in [6.07, 6.45) is 4.47. The van der Waals surface area contributed by atoms with Crippen molar-refractivity contribution in [3.63, 3.8) is 0 Å². The van der Waals surface area contributed by atoms with Gasteiger partial charge in [0.15, 0.2) is 0 Å². The number of unbranched alkanes of at least 4 members (excludes halogenated alkanes) is 1. The molecule has 11 heavy (non-hydrogen) atoms. The van der Waals surface area contributed by atoms with Crippen molar-refractivity contribution in [2.24, 2.45) is 0 Å². The van der Waals surface area contributed by atoms with Gasteiger partial charge in [0.2, 0.25) is 0 Å². The Morgan fingerprint density at radius 2 is 1.82 bits per heavy atom. The smallest absolute Gasteiger partial charge is 0.120 e. The van der Waals surface area contributed by atoms with Crippen molar-refractivity contribution in [1.29, 1.82) is 0 Å². The van der Waals surface area contributed by atoms with E-state index >= 15 is 0 Å². The lowest BCUT2D eigenvalue weighted by molar-refractivity contribution is -0.107. The lowest BCUT2D eigenvalue weighted by atomic mass is 10.1. The molecule has 57 valence electrons. The van der Waals surface area contributed by atoms with Gasteiger partial charge in [0.1, 0.15) is 6.29 Å². The van der Waals surface area contributed by atoms with Crippen molar-refractivity contribution in [1.82, 2.24) is 0 Å². The number of benzene rings is 1. The van der Waals surface area contributed by atoms with Crippen LogP contribution in [0.2, 0.25) is 0 Å². The van der Waals surface area contributed by atoms with Gasteiger partial charge >= 0.3 is 0 Å². The maximum absolute atomic E-state index is 9.98. The van der Waals surface area contributed by atoms with Gasteiger partial charge in [-0.15, -0.1) is 0 Å². The minimum absolute atomic E-state index is 0.620.